The molecular formula is C10H18O6. The van der Waals surface area contributed by atoms with Gasteiger partial charge in [-0.2, -0.15) is 0 Å². The quantitative estimate of drug-likeness (QED) is 0.420. The molecule has 0 fully saturated rings. The number of carbonyl (C=O) groups is 2. The molecule has 0 aromatic heterocycles. The summed E-state index contributed by atoms with van der Waals surface area (Å²) in [5, 5.41) is 35.3. The van der Waals surface area contributed by atoms with E-state index in [2.05, 4.69) is 0 Å². The summed E-state index contributed by atoms with van der Waals surface area (Å²) >= 11 is 0. The molecule has 2 unspecified atom stereocenters. The smallest absolute Gasteiger partial charge is 0.309 e. The highest BCUT2D eigenvalue weighted by Crippen LogP contribution is 2.16. The van der Waals surface area contributed by atoms with Crippen LogP contribution in [0.2, 0.25) is 0 Å². The van der Waals surface area contributed by atoms with Crippen molar-refractivity contribution < 1.29 is 30.0 Å². The maximum absolute atomic E-state index is 10.7. The fraction of sp³-hybridized carbons (Fsp3) is 0.800. The van der Waals surface area contributed by atoms with Crippen molar-refractivity contribution in [3.05, 3.63) is 0 Å². The van der Waals surface area contributed by atoms with Crippen molar-refractivity contribution in [3.8, 4) is 0 Å². The van der Waals surface area contributed by atoms with Gasteiger partial charge in [-0.05, 0) is 12.8 Å². The van der Waals surface area contributed by atoms with Crippen LogP contribution in [0.5, 0.6) is 0 Å². The van der Waals surface area contributed by atoms with E-state index in [9.17, 15) is 14.7 Å². The molecular weight excluding hydrogens is 216 g/mol. The van der Waals surface area contributed by atoms with Crippen molar-refractivity contribution >= 4 is 11.9 Å². The lowest BCUT2D eigenvalue weighted by Crippen LogP contribution is -2.30. The molecule has 4 N–H and O–H groups in total. The minimum absolute atomic E-state index is 0.0631. The summed E-state index contributed by atoms with van der Waals surface area (Å²) < 4.78 is 0. The molecule has 0 heterocycles. The molecule has 6 heteroatoms. The number of hydrogen-bond acceptors (Lipinski definition) is 4. The predicted octanol–water partition coefficient (Wildman–Crippen LogP) is 0.0755. The maximum atomic E-state index is 10.7. The van der Waals surface area contributed by atoms with Gasteiger partial charge in [0.05, 0.1) is 18.4 Å². The molecule has 0 rings (SSSR count). The summed E-state index contributed by atoms with van der Waals surface area (Å²) in [5.41, 5.74) is 0. The first-order chi connectivity index (χ1) is 7.49. The van der Waals surface area contributed by atoms with E-state index in [1.54, 1.807) is 0 Å². The highest BCUT2D eigenvalue weighted by molar-refractivity contribution is 5.78. The van der Waals surface area contributed by atoms with E-state index in [4.69, 9.17) is 15.3 Å². The van der Waals surface area contributed by atoms with Gasteiger partial charge in [-0.1, -0.05) is 12.8 Å². The molecule has 0 aliphatic carbocycles. The third-order valence-corrected chi connectivity index (χ3v) is 2.33. The van der Waals surface area contributed by atoms with Crippen LogP contribution >= 0.6 is 0 Å². The number of aliphatic carboxylic acids is 2. The standard InChI is InChI=1S/C10H18O6/c11-5-3-1-2-4-8(12)7(10(15)16)6-9(13)14/h7-8,11-12H,1-6H2,(H,13,14)(H,15,16). The second-order valence-electron chi connectivity index (χ2n) is 3.68. The monoisotopic (exact) mass is 234 g/mol. The minimum atomic E-state index is -1.29. The lowest BCUT2D eigenvalue weighted by atomic mass is 9.94. The first-order valence-corrected chi connectivity index (χ1v) is 5.22. The van der Waals surface area contributed by atoms with Gasteiger partial charge in [0.1, 0.15) is 0 Å². The maximum Gasteiger partial charge on any atom is 0.309 e. The van der Waals surface area contributed by atoms with Crippen LogP contribution in [0.4, 0.5) is 0 Å². The third-order valence-electron chi connectivity index (χ3n) is 2.33. The number of unbranched alkanes of at least 4 members (excludes halogenated alkanes) is 2. The Morgan fingerprint density at radius 3 is 2.12 bits per heavy atom. The van der Waals surface area contributed by atoms with Crippen molar-refractivity contribution in [3.63, 3.8) is 0 Å². The number of aliphatic hydroxyl groups is 2. The molecule has 0 saturated carbocycles. The molecule has 94 valence electrons. The van der Waals surface area contributed by atoms with Gasteiger partial charge < -0.3 is 20.4 Å². The van der Waals surface area contributed by atoms with Gasteiger partial charge in [0.2, 0.25) is 0 Å². The summed E-state index contributed by atoms with van der Waals surface area (Å²) in [4.78, 5) is 21.1. The topological polar surface area (TPSA) is 115 Å². The Balaban J connectivity index is 4.02. The van der Waals surface area contributed by atoms with E-state index < -0.39 is 30.4 Å². The van der Waals surface area contributed by atoms with Crippen molar-refractivity contribution in [2.45, 2.75) is 38.2 Å². The van der Waals surface area contributed by atoms with E-state index in [1.165, 1.54) is 0 Å². The van der Waals surface area contributed by atoms with Crippen molar-refractivity contribution in [2.75, 3.05) is 6.61 Å². The van der Waals surface area contributed by atoms with E-state index >= 15 is 0 Å². The summed E-state index contributed by atoms with van der Waals surface area (Å²) in [7, 11) is 0. The van der Waals surface area contributed by atoms with Crippen LogP contribution in [-0.4, -0.2) is 45.1 Å². The highest BCUT2D eigenvalue weighted by atomic mass is 16.4. The Kier molecular flexibility index (Phi) is 7.49. The van der Waals surface area contributed by atoms with E-state index in [0.717, 1.165) is 0 Å². The summed E-state index contributed by atoms with van der Waals surface area (Å²) in [6.07, 6.45) is 0.384. The molecule has 0 aliphatic rings. The average molecular weight is 234 g/mol. The lowest BCUT2D eigenvalue weighted by molar-refractivity contribution is -0.152. The van der Waals surface area contributed by atoms with Gasteiger partial charge in [0.25, 0.3) is 0 Å². The zero-order valence-electron chi connectivity index (χ0n) is 9.00. The molecule has 2 atom stereocenters. The Bertz CT molecular complexity index is 227. The Hall–Kier alpha value is -1.14. The van der Waals surface area contributed by atoms with Crippen LogP contribution < -0.4 is 0 Å². The minimum Gasteiger partial charge on any atom is -0.481 e. The third kappa shape index (κ3) is 6.36. The average Bonchev–Trinajstić information content (AvgIpc) is 2.20. The van der Waals surface area contributed by atoms with Gasteiger partial charge in [-0.25, -0.2) is 0 Å². The molecule has 0 aromatic rings. The van der Waals surface area contributed by atoms with E-state index in [1.807, 2.05) is 0 Å². The molecule has 0 aromatic carbocycles. The fourth-order valence-electron chi connectivity index (χ4n) is 1.42. The normalized spacial score (nSPS) is 14.4. The van der Waals surface area contributed by atoms with Gasteiger partial charge >= 0.3 is 11.9 Å². The first kappa shape index (κ1) is 14.9. The number of carboxylic acids is 2. The van der Waals surface area contributed by atoms with Gasteiger partial charge in [-0.15, -0.1) is 0 Å². The van der Waals surface area contributed by atoms with Crippen LogP contribution in [0.15, 0.2) is 0 Å². The Morgan fingerprint density at radius 2 is 1.69 bits per heavy atom. The number of rotatable bonds is 9. The SMILES string of the molecule is O=C(O)CC(C(=O)O)C(O)CCCCCO. The molecule has 0 amide bonds. The van der Waals surface area contributed by atoms with Crippen molar-refractivity contribution in [1.82, 2.24) is 0 Å². The number of carboxylic acid groups (broad SMARTS) is 2. The van der Waals surface area contributed by atoms with Crippen LogP contribution in [0.1, 0.15) is 32.1 Å². The van der Waals surface area contributed by atoms with Gasteiger partial charge in [0.15, 0.2) is 0 Å². The van der Waals surface area contributed by atoms with Crippen molar-refractivity contribution in [1.29, 1.82) is 0 Å². The van der Waals surface area contributed by atoms with E-state index in [-0.39, 0.29) is 13.0 Å². The van der Waals surface area contributed by atoms with Gasteiger partial charge in [-0.3, -0.25) is 9.59 Å². The molecule has 0 radical (unpaired) electrons. The fourth-order valence-corrected chi connectivity index (χ4v) is 1.42. The van der Waals surface area contributed by atoms with Crippen LogP contribution in [0, 0.1) is 5.92 Å². The number of aliphatic hydroxyl groups excluding tert-OH is 2. The van der Waals surface area contributed by atoms with Crippen LogP contribution in [0.3, 0.4) is 0 Å². The van der Waals surface area contributed by atoms with Gasteiger partial charge in [0, 0.05) is 6.61 Å². The first-order valence-electron chi connectivity index (χ1n) is 5.22. The van der Waals surface area contributed by atoms with Crippen LogP contribution in [-0.2, 0) is 9.59 Å². The Morgan fingerprint density at radius 1 is 1.06 bits per heavy atom. The molecule has 0 bridgehead atoms. The Labute approximate surface area is 93.5 Å². The molecule has 16 heavy (non-hydrogen) atoms. The summed E-state index contributed by atoms with van der Waals surface area (Å²) in [6, 6.07) is 0. The zero-order chi connectivity index (χ0) is 12.6. The van der Waals surface area contributed by atoms with E-state index in [0.29, 0.717) is 19.3 Å². The largest absolute Gasteiger partial charge is 0.481 e. The molecule has 0 saturated heterocycles. The summed E-state index contributed by atoms with van der Waals surface area (Å²) in [6.45, 7) is 0.0631. The molecule has 0 aliphatic heterocycles. The molecule has 6 nitrogen and oxygen atoms in total. The van der Waals surface area contributed by atoms with Crippen molar-refractivity contribution in [2.24, 2.45) is 5.92 Å². The highest BCUT2D eigenvalue weighted by Gasteiger charge is 2.28. The molecule has 0 spiro atoms. The number of hydrogen-bond donors (Lipinski definition) is 4. The second kappa shape index (κ2) is 8.06. The van der Waals surface area contributed by atoms with Crippen LogP contribution in [0.25, 0.3) is 0 Å². The zero-order valence-corrected chi connectivity index (χ0v) is 9.00. The second-order valence-corrected chi connectivity index (χ2v) is 3.68. The predicted molar refractivity (Wildman–Crippen MR) is 54.9 cm³/mol. The lowest BCUT2D eigenvalue weighted by Gasteiger charge is -2.17. The summed E-state index contributed by atoms with van der Waals surface area (Å²) in [5.74, 6) is -3.79.